The van der Waals surface area contributed by atoms with E-state index in [4.69, 9.17) is 14.4 Å². The van der Waals surface area contributed by atoms with Crippen molar-refractivity contribution in [1.29, 1.82) is 0 Å². The van der Waals surface area contributed by atoms with Crippen LogP contribution >= 0.6 is 0 Å². The van der Waals surface area contributed by atoms with Gasteiger partial charge in [0.1, 0.15) is 12.4 Å². The monoisotopic (exact) mass is 336 g/mol. The van der Waals surface area contributed by atoms with E-state index >= 15 is 0 Å². The molecule has 1 fully saturated rings. The number of aromatic nitrogens is 1. The van der Waals surface area contributed by atoms with Crippen LogP contribution in [0.4, 0.5) is 4.39 Å². The highest BCUT2D eigenvalue weighted by Gasteiger charge is 2.31. The molecule has 0 spiro atoms. The van der Waals surface area contributed by atoms with E-state index in [1.54, 1.807) is 24.3 Å². The molecule has 0 radical (unpaired) electrons. The van der Waals surface area contributed by atoms with E-state index in [-0.39, 0.29) is 31.6 Å². The Morgan fingerprint density at radius 1 is 1.38 bits per heavy atom. The van der Waals surface area contributed by atoms with Crippen LogP contribution in [-0.4, -0.2) is 52.6 Å². The third-order valence-corrected chi connectivity index (χ3v) is 4.10. The first-order valence-corrected chi connectivity index (χ1v) is 7.93. The normalized spacial score (nSPS) is 17.0. The van der Waals surface area contributed by atoms with Crippen molar-refractivity contribution in [2.24, 2.45) is 0 Å². The maximum Gasteiger partial charge on any atom is 0.162 e. The third-order valence-electron chi connectivity index (χ3n) is 4.10. The van der Waals surface area contributed by atoms with Crippen molar-refractivity contribution >= 4 is 0 Å². The van der Waals surface area contributed by atoms with Crippen LogP contribution in [0, 0.1) is 5.82 Å². The van der Waals surface area contributed by atoms with Crippen LogP contribution in [0.15, 0.2) is 34.9 Å². The molecule has 2 heterocycles. The second-order valence-corrected chi connectivity index (χ2v) is 6.05. The lowest BCUT2D eigenvalue weighted by molar-refractivity contribution is -0.00608. The summed E-state index contributed by atoms with van der Waals surface area (Å²) < 4.78 is 23.8. The van der Waals surface area contributed by atoms with E-state index in [9.17, 15) is 9.50 Å². The van der Waals surface area contributed by atoms with E-state index < -0.39 is 6.10 Å². The first kappa shape index (κ1) is 17.0. The zero-order chi connectivity index (χ0) is 16.9. The fraction of sp³-hybridized carbons (Fsp3) is 0.471. The Morgan fingerprint density at radius 3 is 2.88 bits per heavy atom. The summed E-state index contributed by atoms with van der Waals surface area (Å²) in [5.41, 5.74) is 1.32. The Bertz CT molecular complexity index is 658. The average molecular weight is 336 g/mol. The minimum atomic E-state index is -0.622. The summed E-state index contributed by atoms with van der Waals surface area (Å²) in [6, 6.07) is 8.20. The van der Waals surface area contributed by atoms with Crippen LogP contribution in [0.3, 0.4) is 0 Å². The minimum Gasteiger partial charge on any atom is -0.389 e. The number of likely N-dealkylation sites (tertiary alicyclic amines) is 1. The van der Waals surface area contributed by atoms with Gasteiger partial charge in [-0.05, 0) is 6.07 Å². The summed E-state index contributed by atoms with van der Waals surface area (Å²) in [6.45, 7) is 2.22. The van der Waals surface area contributed by atoms with Crippen molar-refractivity contribution < 1.29 is 23.9 Å². The number of benzene rings is 1. The lowest BCUT2D eigenvalue weighted by Crippen LogP contribution is -2.49. The van der Waals surface area contributed by atoms with E-state index in [0.717, 1.165) is 18.8 Å². The Kier molecular flexibility index (Phi) is 5.57. The maximum absolute atomic E-state index is 13.4. The van der Waals surface area contributed by atoms with Gasteiger partial charge in [-0.1, -0.05) is 23.4 Å². The van der Waals surface area contributed by atoms with Gasteiger partial charge in [0.15, 0.2) is 5.76 Å². The molecule has 2 N–H and O–H groups in total. The molecule has 2 aromatic rings. The topological polar surface area (TPSA) is 79.0 Å². The number of hydrogen-bond donors (Lipinski definition) is 2. The fourth-order valence-corrected chi connectivity index (χ4v) is 2.77. The number of aliphatic hydroxyl groups is 2. The van der Waals surface area contributed by atoms with E-state index in [0.29, 0.717) is 17.9 Å². The largest absolute Gasteiger partial charge is 0.389 e. The molecule has 1 aromatic heterocycles. The third kappa shape index (κ3) is 4.18. The van der Waals surface area contributed by atoms with Gasteiger partial charge in [-0.15, -0.1) is 0 Å². The summed E-state index contributed by atoms with van der Waals surface area (Å²) in [5, 5.41) is 22.9. The molecule has 0 bridgehead atoms. The molecule has 1 aliphatic rings. The number of ether oxygens (including phenoxy) is 1. The number of aliphatic hydroxyl groups excluding tert-OH is 2. The second-order valence-electron chi connectivity index (χ2n) is 6.05. The predicted molar refractivity (Wildman–Crippen MR) is 83.7 cm³/mol. The van der Waals surface area contributed by atoms with Gasteiger partial charge in [0.25, 0.3) is 0 Å². The Labute approximate surface area is 139 Å². The second kappa shape index (κ2) is 7.85. The highest BCUT2D eigenvalue weighted by Crippen LogP contribution is 2.26. The lowest BCUT2D eigenvalue weighted by atomic mass is 9.96. The van der Waals surface area contributed by atoms with Gasteiger partial charge in [0.2, 0.25) is 0 Å². The van der Waals surface area contributed by atoms with Crippen molar-refractivity contribution in [2.45, 2.75) is 25.2 Å². The highest BCUT2D eigenvalue weighted by atomic mass is 19.1. The molecule has 1 atom stereocenters. The summed E-state index contributed by atoms with van der Waals surface area (Å²) in [4.78, 5) is 2.09. The molecule has 1 saturated heterocycles. The quantitative estimate of drug-likeness (QED) is 0.756. The smallest absolute Gasteiger partial charge is 0.162 e. The van der Waals surface area contributed by atoms with Crippen molar-refractivity contribution in [2.75, 3.05) is 26.2 Å². The van der Waals surface area contributed by atoms with Crippen LogP contribution in [-0.2, 0) is 18.0 Å². The van der Waals surface area contributed by atoms with Gasteiger partial charge in [-0.25, -0.2) is 4.39 Å². The van der Waals surface area contributed by atoms with Crippen molar-refractivity contribution in [1.82, 2.24) is 10.1 Å². The van der Waals surface area contributed by atoms with Crippen LogP contribution in [0.25, 0.3) is 0 Å². The summed E-state index contributed by atoms with van der Waals surface area (Å²) in [6.07, 6.45) is -0.622. The Balaban J connectivity index is 1.35. The van der Waals surface area contributed by atoms with E-state index in [2.05, 4.69) is 10.1 Å². The van der Waals surface area contributed by atoms with Gasteiger partial charge >= 0.3 is 0 Å². The van der Waals surface area contributed by atoms with Crippen molar-refractivity contribution in [3.8, 4) is 0 Å². The molecule has 7 heteroatoms. The molecule has 130 valence electrons. The first-order chi connectivity index (χ1) is 11.7. The number of hydrogen-bond acceptors (Lipinski definition) is 6. The SMILES string of the molecule is OCc1cc(C2CN(CC(O)COCc3ccccc3F)C2)no1. The zero-order valence-electron chi connectivity index (χ0n) is 13.3. The van der Waals surface area contributed by atoms with Crippen LogP contribution in [0.1, 0.15) is 22.9 Å². The Morgan fingerprint density at radius 2 is 2.17 bits per heavy atom. The molecule has 24 heavy (non-hydrogen) atoms. The number of β-amino-alcohol motifs (C(OH)–C–C–N with tert-alkyl or cyclic N) is 1. The van der Waals surface area contributed by atoms with E-state index in [1.807, 2.05) is 0 Å². The average Bonchev–Trinajstić information content (AvgIpc) is 3.01. The number of halogens is 1. The molecule has 0 saturated carbocycles. The van der Waals surface area contributed by atoms with Crippen LogP contribution < -0.4 is 0 Å². The summed E-state index contributed by atoms with van der Waals surface area (Å²) in [5.74, 6) is 0.429. The molecule has 0 amide bonds. The van der Waals surface area contributed by atoms with Crippen molar-refractivity contribution in [3.05, 3.63) is 53.2 Å². The minimum absolute atomic E-state index is 0.148. The standard InChI is InChI=1S/C17H21FN2O4/c18-16-4-2-1-3-12(16)10-23-11-14(22)8-20-6-13(7-20)17-5-15(9-21)24-19-17/h1-5,13-14,21-22H,6-11H2. The molecule has 3 rings (SSSR count). The molecular weight excluding hydrogens is 315 g/mol. The number of nitrogens with zero attached hydrogens (tertiary/aromatic N) is 2. The first-order valence-electron chi connectivity index (χ1n) is 7.93. The van der Waals surface area contributed by atoms with Gasteiger partial charge in [0, 0.05) is 37.2 Å². The Hall–Kier alpha value is -1.80. The molecule has 1 unspecified atom stereocenters. The molecule has 0 aliphatic carbocycles. The zero-order valence-corrected chi connectivity index (χ0v) is 13.3. The molecule has 1 aromatic carbocycles. The maximum atomic E-state index is 13.4. The van der Waals surface area contributed by atoms with E-state index in [1.165, 1.54) is 6.07 Å². The van der Waals surface area contributed by atoms with Gasteiger partial charge in [-0.3, -0.25) is 4.90 Å². The van der Waals surface area contributed by atoms with Crippen LogP contribution in [0.2, 0.25) is 0 Å². The lowest BCUT2D eigenvalue weighted by Gasteiger charge is -2.39. The fourth-order valence-electron chi connectivity index (χ4n) is 2.77. The van der Waals surface area contributed by atoms with Gasteiger partial charge in [-0.2, -0.15) is 0 Å². The van der Waals surface area contributed by atoms with Crippen LogP contribution in [0.5, 0.6) is 0 Å². The number of rotatable bonds is 8. The summed E-state index contributed by atoms with van der Waals surface area (Å²) >= 11 is 0. The molecular formula is C17H21FN2O4. The van der Waals surface area contributed by atoms with Gasteiger partial charge in [0.05, 0.1) is 25.0 Å². The highest BCUT2D eigenvalue weighted by molar-refractivity contribution is 5.16. The molecule has 1 aliphatic heterocycles. The molecule has 6 nitrogen and oxygen atoms in total. The predicted octanol–water partition coefficient (Wildman–Crippen LogP) is 1.28. The van der Waals surface area contributed by atoms with Crippen molar-refractivity contribution in [3.63, 3.8) is 0 Å². The van der Waals surface area contributed by atoms with Gasteiger partial charge < -0.3 is 19.5 Å². The summed E-state index contributed by atoms with van der Waals surface area (Å²) in [7, 11) is 0.